The Hall–Kier alpha value is -0.570. The molecule has 1 N–H and O–H groups in total. The molecule has 0 atom stereocenters. The summed E-state index contributed by atoms with van der Waals surface area (Å²) in [7, 11) is 0. The second-order valence-electron chi connectivity index (χ2n) is 3.43. The van der Waals surface area contributed by atoms with Crippen LogP contribution >= 0.6 is 0 Å². The van der Waals surface area contributed by atoms with Crippen molar-refractivity contribution in [3.05, 3.63) is 0 Å². The van der Waals surface area contributed by atoms with E-state index in [0.29, 0.717) is 6.42 Å². The molecule has 0 aromatic carbocycles. The van der Waals surface area contributed by atoms with Gasteiger partial charge in [-0.15, -0.1) is 0 Å². The molecular weight excluding hydrogens is 168 g/mol. The third kappa shape index (κ3) is 9.34. The summed E-state index contributed by atoms with van der Waals surface area (Å²) in [4.78, 5) is 11.0. The maximum absolute atomic E-state index is 11.0. The Morgan fingerprint density at radius 1 is 1.23 bits per heavy atom. The van der Waals surface area contributed by atoms with Gasteiger partial charge in [0.15, 0.2) is 0 Å². The Morgan fingerprint density at radius 3 is 2.38 bits per heavy atom. The number of ether oxygens (including phenoxy) is 1. The Balaban J connectivity index is 3.17. The molecule has 0 radical (unpaired) electrons. The predicted octanol–water partition coefficient (Wildman–Crippen LogP) is 1.88. The molecule has 3 nitrogen and oxygen atoms in total. The molecule has 0 amide bonds. The molecule has 3 heteroatoms. The van der Waals surface area contributed by atoms with E-state index in [9.17, 15) is 4.79 Å². The smallest absolute Gasteiger partial charge is 0.306 e. The highest BCUT2D eigenvalue weighted by Gasteiger charge is 2.03. The average Bonchev–Trinajstić information content (AvgIpc) is 2.02. The van der Waals surface area contributed by atoms with Crippen molar-refractivity contribution in [2.75, 3.05) is 6.61 Å². The van der Waals surface area contributed by atoms with Crippen molar-refractivity contribution in [2.45, 2.75) is 52.1 Å². The van der Waals surface area contributed by atoms with E-state index in [1.54, 1.807) is 0 Å². The monoisotopic (exact) mass is 188 g/mol. The Bertz CT molecular complexity index is 132. The molecule has 0 heterocycles. The van der Waals surface area contributed by atoms with Crippen molar-refractivity contribution in [2.24, 2.45) is 0 Å². The maximum Gasteiger partial charge on any atom is 0.306 e. The van der Waals surface area contributed by atoms with Gasteiger partial charge in [0, 0.05) is 13.0 Å². The van der Waals surface area contributed by atoms with Gasteiger partial charge in [-0.25, -0.2) is 0 Å². The van der Waals surface area contributed by atoms with Crippen molar-refractivity contribution >= 4 is 5.97 Å². The predicted molar refractivity (Wildman–Crippen MR) is 51.4 cm³/mol. The van der Waals surface area contributed by atoms with Crippen LogP contribution in [0, 0.1) is 0 Å². The number of aliphatic hydroxyl groups is 1. The minimum absolute atomic E-state index is 0.00931. The third-order valence-corrected chi connectivity index (χ3v) is 1.66. The van der Waals surface area contributed by atoms with Gasteiger partial charge >= 0.3 is 5.97 Å². The van der Waals surface area contributed by atoms with Gasteiger partial charge in [0.2, 0.25) is 0 Å². The number of esters is 1. The molecule has 0 saturated heterocycles. The highest BCUT2D eigenvalue weighted by atomic mass is 16.5. The topological polar surface area (TPSA) is 46.5 Å². The minimum Gasteiger partial charge on any atom is -0.463 e. The van der Waals surface area contributed by atoms with E-state index < -0.39 is 0 Å². The average molecular weight is 188 g/mol. The van der Waals surface area contributed by atoms with Crippen LogP contribution < -0.4 is 0 Å². The zero-order valence-electron chi connectivity index (χ0n) is 8.58. The first-order valence-corrected chi connectivity index (χ1v) is 4.97. The van der Waals surface area contributed by atoms with Gasteiger partial charge in [0.25, 0.3) is 0 Å². The molecule has 0 aliphatic carbocycles. The summed E-state index contributed by atoms with van der Waals surface area (Å²) in [6.07, 6.45) is 4.18. The van der Waals surface area contributed by atoms with Crippen LogP contribution in [-0.2, 0) is 9.53 Å². The summed E-state index contributed by atoms with van der Waals surface area (Å²) in [5.74, 6) is -0.112. The summed E-state index contributed by atoms with van der Waals surface area (Å²) in [6.45, 7) is 3.95. The maximum atomic E-state index is 11.0. The van der Waals surface area contributed by atoms with Crippen LogP contribution in [0.15, 0.2) is 0 Å². The van der Waals surface area contributed by atoms with E-state index >= 15 is 0 Å². The van der Waals surface area contributed by atoms with Gasteiger partial charge in [-0.1, -0.05) is 12.8 Å². The summed E-state index contributed by atoms with van der Waals surface area (Å²) in [5, 5.41) is 8.50. The molecule has 0 unspecified atom stereocenters. The lowest BCUT2D eigenvalue weighted by molar-refractivity contribution is -0.147. The standard InChI is InChI=1S/C10H20O3/c1-9(2)13-10(12)7-5-3-4-6-8-11/h9,11H,3-8H2,1-2H3. The summed E-state index contributed by atoms with van der Waals surface area (Å²) >= 11 is 0. The second-order valence-corrected chi connectivity index (χ2v) is 3.43. The second kappa shape index (κ2) is 8.05. The minimum atomic E-state index is -0.112. The van der Waals surface area contributed by atoms with Gasteiger partial charge in [-0.2, -0.15) is 0 Å². The largest absolute Gasteiger partial charge is 0.463 e. The van der Waals surface area contributed by atoms with E-state index in [0.717, 1.165) is 25.7 Å². The molecule has 0 saturated carbocycles. The molecule has 0 aliphatic heterocycles. The van der Waals surface area contributed by atoms with Gasteiger partial charge in [-0.3, -0.25) is 4.79 Å². The number of hydrogen-bond donors (Lipinski definition) is 1. The van der Waals surface area contributed by atoms with Crippen molar-refractivity contribution in [3.63, 3.8) is 0 Å². The fourth-order valence-electron chi connectivity index (χ4n) is 1.06. The van der Waals surface area contributed by atoms with E-state index in [-0.39, 0.29) is 18.7 Å². The first-order valence-electron chi connectivity index (χ1n) is 4.97. The number of carbonyl (C=O) groups excluding carboxylic acids is 1. The molecule has 78 valence electrons. The van der Waals surface area contributed by atoms with E-state index in [2.05, 4.69) is 0 Å². The quantitative estimate of drug-likeness (QED) is 0.490. The normalized spacial score (nSPS) is 10.5. The Kier molecular flexibility index (Phi) is 7.69. The summed E-state index contributed by atoms with van der Waals surface area (Å²) < 4.78 is 4.97. The van der Waals surface area contributed by atoms with Gasteiger partial charge < -0.3 is 9.84 Å². The van der Waals surface area contributed by atoms with Crippen LogP contribution in [0.5, 0.6) is 0 Å². The Labute approximate surface area is 80.1 Å². The van der Waals surface area contributed by atoms with E-state index in [4.69, 9.17) is 9.84 Å². The van der Waals surface area contributed by atoms with Gasteiger partial charge in [0.1, 0.15) is 0 Å². The van der Waals surface area contributed by atoms with Crippen molar-refractivity contribution < 1.29 is 14.6 Å². The lowest BCUT2D eigenvalue weighted by atomic mass is 10.1. The first kappa shape index (κ1) is 12.4. The molecule has 0 spiro atoms. The van der Waals surface area contributed by atoms with Gasteiger partial charge in [-0.05, 0) is 26.7 Å². The zero-order chi connectivity index (χ0) is 10.1. The highest BCUT2D eigenvalue weighted by molar-refractivity contribution is 5.69. The number of rotatable bonds is 7. The number of aliphatic hydroxyl groups excluding tert-OH is 1. The molecule has 0 aliphatic rings. The lowest BCUT2D eigenvalue weighted by Crippen LogP contribution is -2.10. The number of hydrogen-bond acceptors (Lipinski definition) is 3. The zero-order valence-corrected chi connectivity index (χ0v) is 8.58. The number of carbonyl (C=O) groups is 1. The fourth-order valence-corrected chi connectivity index (χ4v) is 1.06. The Morgan fingerprint density at radius 2 is 1.85 bits per heavy atom. The molecule has 0 aromatic rings. The van der Waals surface area contributed by atoms with E-state index in [1.165, 1.54) is 0 Å². The van der Waals surface area contributed by atoms with Crippen molar-refractivity contribution in [3.8, 4) is 0 Å². The molecule has 0 rings (SSSR count). The van der Waals surface area contributed by atoms with Crippen LogP contribution in [0.3, 0.4) is 0 Å². The highest BCUT2D eigenvalue weighted by Crippen LogP contribution is 2.04. The van der Waals surface area contributed by atoms with Crippen LogP contribution in [0.25, 0.3) is 0 Å². The van der Waals surface area contributed by atoms with Crippen LogP contribution in [0.4, 0.5) is 0 Å². The van der Waals surface area contributed by atoms with Crippen molar-refractivity contribution in [1.29, 1.82) is 0 Å². The first-order chi connectivity index (χ1) is 6.16. The molecule has 13 heavy (non-hydrogen) atoms. The third-order valence-electron chi connectivity index (χ3n) is 1.66. The molecule has 0 aromatic heterocycles. The molecule has 0 bridgehead atoms. The van der Waals surface area contributed by atoms with Crippen LogP contribution in [0.1, 0.15) is 46.0 Å². The summed E-state index contributed by atoms with van der Waals surface area (Å²) in [5.41, 5.74) is 0. The van der Waals surface area contributed by atoms with Crippen LogP contribution in [-0.4, -0.2) is 23.8 Å². The van der Waals surface area contributed by atoms with Crippen molar-refractivity contribution in [1.82, 2.24) is 0 Å². The SMILES string of the molecule is CC(C)OC(=O)CCCCCCO. The molecular formula is C10H20O3. The lowest BCUT2D eigenvalue weighted by Gasteiger charge is -2.07. The van der Waals surface area contributed by atoms with Gasteiger partial charge in [0.05, 0.1) is 6.10 Å². The van der Waals surface area contributed by atoms with Crippen LogP contribution in [0.2, 0.25) is 0 Å². The van der Waals surface area contributed by atoms with E-state index in [1.807, 2.05) is 13.8 Å². The molecule has 0 fully saturated rings. The fraction of sp³-hybridized carbons (Fsp3) is 0.900. The number of unbranched alkanes of at least 4 members (excludes halogenated alkanes) is 3. The summed E-state index contributed by atoms with van der Waals surface area (Å²) in [6, 6.07) is 0.